The SMILES string of the molecule is COc1ccc2c(c1OS(=O)(=O)C(F)(F)F)C(C(=O)Oc1c(F)ccc(F)c1F)c1ccccc1N2C. The van der Waals surface area contributed by atoms with Crippen molar-refractivity contribution in [2.75, 3.05) is 19.1 Å². The number of anilines is 2. The van der Waals surface area contributed by atoms with Crippen LogP contribution in [0.15, 0.2) is 48.5 Å². The van der Waals surface area contributed by atoms with Gasteiger partial charge in [-0.25, -0.2) is 8.78 Å². The summed E-state index contributed by atoms with van der Waals surface area (Å²) in [6.45, 7) is 0. The summed E-state index contributed by atoms with van der Waals surface area (Å²) in [6.07, 6.45) is 0. The second kappa shape index (κ2) is 9.18. The molecule has 1 aliphatic heterocycles. The lowest BCUT2D eigenvalue weighted by molar-refractivity contribution is -0.135. The third-order valence-electron chi connectivity index (χ3n) is 5.53. The molecule has 0 radical (unpaired) electrons. The molecule has 196 valence electrons. The highest BCUT2D eigenvalue weighted by molar-refractivity contribution is 7.88. The maximum Gasteiger partial charge on any atom is 0.534 e. The van der Waals surface area contributed by atoms with E-state index in [0.29, 0.717) is 17.8 Å². The summed E-state index contributed by atoms with van der Waals surface area (Å²) < 4.78 is 120. The molecule has 0 saturated heterocycles. The van der Waals surface area contributed by atoms with Crippen molar-refractivity contribution in [2.24, 2.45) is 0 Å². The van der Waals surface area contributed by atoms with Gasteiger partial charge in [-0.05, 0) is 35.9 Å². The number of methoxy groups -OCH3 is 1. The number of fused-ring (bicyclic) bond motifs is 2. The average molecular weight is 547 g/mol. The largest absolute Gasteiger partial charge is 0.534 e. The average Bonchev–Trinajstić information content (AvgIpc) is 2.84. The summed E-state index contributed by atoms with van der Waals surface area (Å²) in [6, 6.07) is 9.30. The number of alkyl halides is 3. The fraction of sp³-hybridized carbons (Fsp3) is 0.174. The number of para-hydroxylation sites is 1. The van der Waals surface area contributed by atoms with E-state index in [1.807, 2.05) is 0 Å². The first-order valence-electron chi connectivity index (χ1n) is 10.2. The fourth-order valence-electron chi connectivity index (χ4n) is 3.87. The van der Waals surface area contributed by atoms with Crippen LogP contribution in [0.3, 0.4) is 0 Å². The highest BCUT2D eigenvalue weighted by Crippen LogP contribution is 2.52. The van der Waals surface area contributed by atoms with Gasteiger partial charge in [-0.1, -0.05) is 18.2 Å². The Hall–Kier alpha value is -3.94. The molecule has 0 fully saturated rings. The molecule has 3 aromatic rings. The molecule has 1 heterocycles. The summed E-state index contributed by atoms with van der Waals surface area (Å²) in [5.74, 6) is -10.9. The molecule has 1 atom stereocenters. The van der Waals surface area contributed by atoms with Gasteiger partial charge in [0.1, 0.15) is 5.92 Å². The van der Waals surface area contributed by atoms with E-state index < -0.39 is 67.8 Å². The van der Waals surface area contributed by atoms with E-state index in [-0.39, 0.29) is 11.3 Å². The Kier molecular flexibility index (Phi) is 6.48. The lowest BCUT2D eigenvalue weighted by Gasteiger charge is -2.35. The Bertz CT molecular complexity index is 1510. The van der Waals surface area contributed by atoms with Crippen LogP contribution in [0.5, 0.6) is 17.2 Å². The smallest absolute Gasteiger partial charge is 0.493 e. The minimum absolute atomic E-state index is 0.00555. The van der Waals surface area contributed by atoms with Crippen molar-refractivity contribution in [2.45, 2.75) is 11.4 Å². The van der Waals surface area contributed by atoms with Gasteiger partial charge in [0.15, 0.2) is 23.1 Å². The second-order valence-electron chi connectivity index (χ2n) is 7.66. The molecule has 4 rings (SSSR count). The van der Waals surface area contributed by atoms with Gasteiger partial charge in [0, 0.05) is 24.0 Å². The molecule has 14 heteroatoms. The van der Waals surface area contributed by atoms with Gasteiger partial charge >= 0.3 is 21.6 Å². The number of hydrogen-bond acceptors (Lipinski definition) is 7. The first kappa shape index (κ1) is 26.1. The predicted molar refractivity (Wildman–Crippen MR) is 117 cm³/mol. The Morgan fingerprint density at radius 2 is 1.57 bits per heavy atom. The summed E-state index contributed by atoms with van der Waals surface area (Å²) in [7, 11) is -3.77. The molecule has 7 nitrogen and oxygen atoms in total. The molecule has 37 heavy (non-hydrogen) atoms. The molecule has 1 unspecified atom stereocenters. The van der Waals surface area contributed by atoms with Crippen molar-refractivity contribution in [3.05, 3.63) is 77.1 Å². The lowest BCUT2D eigenvalue weighted by Crippen LogP contribution is -2.32. The zero-order chi connectivity index (χ0) is 27.3. The van der Waals surface area contributed by atoms with E-state index in [1.165, 1.54) is 36.2 Å². The van der Waals surface area contributed by atoms with E-state index in [2.05, 4.69) is 4.18 Å². The third-order valence-corrected chi connectivity index (χ3v) is 6.49. The van der Waals surface area contributed by atoms with Crippen LogP contribution in [-0.4, -0.2) is 34.1 Å². The summed E-state index contributed by atoms with van der Waals surface area (Å²) in [5.41, 5.74) is -5.93. The number of esters is 1. The first-order chi connectivity index (χ1) is 17.3. The van der Waals surface area contributed by atoms with Crippen LogP contribution in [-0.2, 0) is 14.9 Å². The van der Waals surface area contributed by atoms with Crippen LogP contribution in [0, 0.1) is 17.5 Å². The van der Waals surface area contributed by atoms with E-state index in [4.69, 9.17) is 9.47 Å². The van der Waals surface area contributed by atoms with Crippen LogP contribution >= 0.6 is 0 Å². The van der Waals surface area contributed by atoms with Gasteiger partial charge in [0.05, 0.1) is 7.11 Å². The second-order valence-corrected chi connectivity index (χ2v) is 9.20. The maximum absolute atomic E-state index is 14.2. The number of nitrogens with zero attached hydrogens (tertiary/aromatic N) is 1. The number of hydrogen-bond donors (Lipinski definition) is 0. The molecule has 0 spiro atoms. The monoisotopic (exact) mass is 547 g/mol. The molecule has 0 N–H and O–H groups in total. The van der Waals surface area contributed by atoms with Crippen molar-refractivity contribution in [3.63, 3.8) is 0 Å². The zero-order valence-electron chi connectivity index (χ0n) is 18.8. The van der Waals surface area contributed by atoms with E-state index in [1.54, 1.807) is 6.07 Å². The number of carbonyl (C=O) groups excluding carboxylic acids is 1. The number of halogens is 6. The third kappa shape index (κ3) is 4.41. The van der Waals surface area contributed by atoms with Gasteiger partial charge in [0.2, 0.25) is 11.6 Å². The Morgan fingerprint density at radius 1 is 0.919 bits per heavy atom. The number of carbonyl (C=O) groups is 1. The summed E-state index contributed by atoms with van der Waals surface area (Å²) >= 11 is 0. The van der Waals surface area contributed by atoms with Gasteiger partial charge < -0.3 is 18.6 Å². The van der Waals surface area contributed by atoms with E-state index in [9.17, 15) is 39.6 Å². The van der Waals surface area contributed by atoms with Crippen LogP contribution in [0.25, 0.3) is 0 Å². The molecular weight excluding hydrogens is 532 g/mol. The quantitative estimate of drug-likeness (QED) is 0.109. The minimum Gasteiger partial charge on any atom is -0.493 e. The molecule has 3 aromatic carbocycles. The number of ether oxygens (including phenoxy) is 2. The molecule has 1 aliphatic rings. The van der Waals surface area contributed by atoms with Gasteiger partial charge in [-0.15, -0.1) is 0 Å². The van der Waals surface area contributed by atoms with E-state index >= 15 is 0 Å². The Morgan fingerprint density at radius 3 is 2.22 bits per heavy atom. The highest BCUT2D eigenvalue weighted by Gasteiger charge is 2.50. The van der Waals surface area contributed by atoms with Crippen molar-refractivity contribution in [1.82, 2.24) is 0 Å². The number of benzene rings is 3. The normalized spacial score (nSPS) is 15.0. The number of rotatable bonds is 5. The molecule has 0 aliphatic carbocycles. The van der Waals surface area contributed by atoms with Gasteiger partial charge in [0.25, 0.3) is 0 Å². The Labute approximate surface area is 205 Å². The summed E-state index contributed by atoms with van der Waals surface area (Å²) in [5, 5.41) is 0. The minimum atomic E-state index is -6.26. The maximum atomic E-state index is 14.2. The van der Waals surface area contributed by atoms with E-state index in [0.717, 1.165) is 13.2 Å². The molecule has 0 amide bonds. The van der Waals surface area contributed by atoms with Gasteiger partial charge in [-0.2, -0.15) is 26.0 Å². The van der Waals surface area contributed by atoms with Crippen LogP contribution in [0.2, 0.25) is 0 Å². The molecular formula is C23H15F6NO6S. The fourth-order valence-corrected chi connectivity index (χ4v) is 4.36. The molecule has 0 saturated carbocycles. The van der Waals surface area contributed by atoms with Crippen LogP contribution in [0.4, 0.5) is 37.7 Å². The van der Waals surface area contributed by atoms with Gasteiger partial charge in [-0.3, -0.25) is 4.79 Å². The molecule has 0 bridgehead atoms. The van der Waals surface area contributed by atoms with Crippen molar-refractivity contribution < 1.29 is 53.2 Å². The standard InChI is InChI=1S/C23H15F6NO6S/c1-30-14-6-4-3-5-11(14)17(22(31)35-20-13(25)8-7-12(24)19(20)26)18-15(30)9-10-16(34-2)21(18)36-37(32,33)23(27,28)29/h3-10,17H,1-2H3. The molecule has 0 aromatic heterocycles. The van der Waals surface area contributed by atoms with Crippen molar-refractivity contribution >= 4 is 27.5 Å². The highest BCUT2D eigenvalue weighted by atomic mass is 32.2. The van der Waals surface area contributed by atoms with Crippen LogP contribution < -0.4 is 18.6 Å². The van der Waals surface area contributed by atoms with Crippen molar-refractivity contribution in [3.8, 4) is 17.2 Å². The topological polar surface area (TPSA) is 82.1 Å². The lowest BCUT2D eigenvalue weighted by atomic mass is 9.84. The Balaban J connectivity index is 1.97. The van der Waals surface area contributed by atoms with Crippen LogP contribution in [0.1, 0.15) is 17.0 Å². The summed E-state index contributed by atoms with van der Waals surface area (Å²) in [4.78, 5) is 14.8. The zero-order valence-corrected chi connectivity index (χ0v) is 19.6. The predicted octanol–water partition coefficient (Wildman–Crippen LogP) is 5.16. The van der Waals surface area contributed by atoms with Crippen molar-refractivity contribution in [1.29, 1.82) is 0 Å². The first-order valence-corrected chi connectivity index (χ1v) is 11.6.